The topological polar surface area (TPSA) is 118 Å². The fourth-order valence-corrected chi connectivity index (χ4v) is 4.81. The first kappa shape index (κ1) is 24.0. The normalized spacial score (nSPS) is 16.2. The van der Waals surface area contributed by atoms with Crippen molar-refractivity contribution < 1.29 is 22.7 Å². The summed E-state index contributed by atoms with van der Waals surface area (Å²) in [6.45, 7) is 4.13. The number of carbonyl (C=O) groups is 1. The Balaban J connectivity index is 2.07. The molecule has 1 atom stereocenters. The summed E-state index contributed by atoms with van der Waals surface area (Å²) >= 11 is 5.85. The van der Waals surface area contributed by atoms with Crippen molar-refractivity contribution in [2.45, 2.75) is 26.4 Å². The summed E-state index contributed by atoms with van der Waals surface area (Å²) in [5, 5.41) is 15.0. The summed E-state index contributed by atoms with van der Waals surface area (Å²) in [5.41, 5.74) is -0.349. The molecule has 0 saturated heterocycles. The molecule has 2 aromatic heterocycles. The van der Waals surface area contributed by atoms with Crippen molar-refractivity contribution in [1.82, 2.24) is 19.2 Å². The zero-order valence-corrected chi connectivity index (χ0v) is 20.5. The lowest BCUT2D eigenvalue weighted by Gasteiger charge is -2.33. The highest BCUT2D eigenvalue weighted by atomic mass is 35.5. The van der Waals surface area contributed by atoms with Crippen LogP contribution >= 0.6 is 11.6 Å². The number of nitrogens with zero attached hydrogens (tertiary/aromatic N) is 5. The number of aromatic hydroxyl groups is 1. The number of halogens is 2. The Kier molecular flexibility index (Phi) is 5.85. The van der Waals surface area contributed by atoms with Crippen molar-refractivity contribution in [2.75, 3.05) is 30.7 Å². The molecule has 34 heavy (non-hydrogen) atoms. The molecule has 0 spiro atoms. The van der Waals surface area contributed by atoms with E-state index in [9.17, 15) is 27.5 Å². The molecule has 1 amide bonds. The maximum absolute atomic E-state index is 13.6. The molecular weight excluding hydrogens is 489 g/mol. The predicted octanol–water partition coefficient (Wildman–Crippen LogP) is 2.18. The van der Waals surface area contributed by atoms with E-state index in [1.807, 2.05) is 0 Å². The maximum atomic E-state index is 13.6. The van der Waals surface area contributed by atoms with E-state index >= 15 is 0 Å². The summed E-state index contributed by atoms with van der Waals surface area (Å²) in [5.74, 6) is -1.77. The van der Waals surface area contributed by atoms with Crippen LogP contribution in [0.3, 0.4) is 0 Å². The van der Waals surface area contributed by atoms with Gasteiger partial charge in [0.25, 0.3) is 11.5 Å². The number of hydrogen-bond acceptors (Lipinski definition) is 6. The highest BCUT2D eigenvalue weighted by Gasteiger charge is 2.37. The number of anilines is 1. The van der Waals surface area contributed by atoms with Crippen LogP contribution in [0.15, 0.2) is 23.0 Å². The van der Waals surface area contributed by atoms with Gasteiger partial charge in [-0.25, -0.2) is 17.5 Å². The minimum atomic E-state index is -3.83. The summed E-state index contributed by atoms with van der Waals surface area (Å²) < 4.78 is 41.8. The third-order valence-electron chi connectivity index (χ3n) is 5.96. The zero-order valence-electron chi connectivity index (χ0n) is 18.9. The molecule has 4 rings (SSSR count). The van der Waals surface area contributed by atoms with Gasteiger partial charge in [-0.15, -0.1) is 5.10 Å². The van der Waals surface area contributed by atoms with E-state index in [0.717, 1.165) is 21.3 Å². The quantitative estimate of drug-likeness (QED) is 0.561. The minimum absolute atomic E-state index is 0.0513. The number of benzene rings is 1. The van der Waals surface area contributed by atoms with E-state index < -0.39 is 33.1 Å². The Morgan fingerprint density at radius 1 is 1.32 bits per heavy atom. The van der Waals surface area contributed by atoms with Crippen LogP contribution in [0.1, 0.15) is 35.9 Å². The van der Waals surface area contributed by atoms with Crippen LogP contribution in [0.5, 0.6) is 5.75 Å². The predicted molar refractivity (Wildman–Crippen MR) is 126 cm³/mol. The van der Waals surface area contributed by atoms with Gasteiger partial charge in [-0.2, -0.15) is 0 Å². The molecule has 0 fully saturated rings. The van der Waals surface area contributed by atoms with Crippen molar-refractivity contribution in [1.29, 1.82) is 0 Å². The van der Waals surface area contributed by atoms with Crippen LogP contribution in [0.25, 0.3) is 10.9 Å². The van der Waals surface area contributed by atoms with Crippen LogP contribution in [0.2, 0.25) is 5.02 Å². The minimum Gasteiger partial charge on any atom is -0.505 e. The average molecular weight is 512 g/mol. The molecule has 0 saturated carbocycles. The lowest BCUT2D eigenvalue weighted by Crippen LogP contribution is -2.42. The van der Waals surface area contributed by atoms with Gasteiger partial charge in [0.05, 0.1) is 17.8 Å². The monoisotopic (exact) mass is 511 g/mol. The smallest absolute Gasteiger partial charge is 0.280 e. The Bertz CT molecular complexity index is 1500. The lowest BCUT2D eigenvalue weighted by molar-refractivity contribution is 0.0686. The molecule has 13 heteroatoms. The molecule has 0 radical (unpaired) electrons. The summed E-state index contributed by atoms with van der Waals surface area (Å²) in [7, 11) is -2.56. The molecule has 1 aromatic carbocycles. The molecule has 0 bridgehead atoms. The van der Waals surface area contributed by atoms with Crippen LogP contribution in [0, 0.1) is 5.82 Å². The van der Waals surface area contributed by atoms with Gasteiger partial charge in [0.2, 0.25) is 10.0 Å². The van der Waals surface area contributed by atoms with Crippen molar-refractivity contribution >= 4 is 44.3 Å². The highest BCUT2D eigenvalue weighted by Crippen LogP contribution is 2.40. The highest BCUT2D eigenvalue weighted by molar-refractivity contribution is 7.92. The van der Waals surface area contributed by atoms with Crippen molar-refractivity contribution in [3.05, 3.63) is 50.7 Å². The van der Waals surface area contributed by atoms with Crippen molar-refractivity contribution in [3.63, 3.8) is 0 Å². The second-order valence-electron chi connectivity index (χ2n) is 8.25. The van der Waals surface area contributed by atoms with Gasteiger partial charge in [0.15, 0.2) is 17.3 Å². The van der Waals surface area contributed by atoms with Gasteiger partial charge in [0, 0.05) is 26.2 Å². The van der Waals surface area contributed by atoms with E-state index in [1.54, 1.807) is 13.8 Å². The van der Waals surface area contributed by atoms with Crippen molar-refractivity contribution in [3.8, 4) is 5.75 Å². The average Bonchev–Trinajstić information content (AvgIpc) is 3.08. The first-order chi connectivity index (χ1) is 15.9. The summed E-state index contributed by atoms with van der Waals surface area (Å²) in [4.78, 5) is 28.0. The van der Waals surface area contributed by atoms with Gasteiger partial charge in [-0.05, 0) is 31.5 Å². The number of fused-ring (bicyclic) bond motifs is 3. The van der Waals surface area contributed by atoms with Gasteiger partial charge in [-0.3, -0.25) is 13.9 Å². The van der Waals surface area contributed by atoms with E-state index in [-0.39, 0.29) is 40.0 Å². The van der Waals surface area contributed by atoms with Crippen LogP contribution < -0.4 is 9.86 Å². The van der Waals surface area contributed by atoms with Gasteiger partial charge in [-0.1, -0.05) is 17.7 Å². The van der Waals surface area contributed by atoms with E-state index in [0.29, 0.717) is 18.7 Å². The largest absolute Gasteiger partial charge is 0.505 e. The zero-order chi connectivity index (χ0) is 25.1. The Morgan fingerprint density at radius 2 is 2.00 bits per heavy atom. The molecular formula is C21H23ClFN5O5S. The number of carbonyl (C=O) groups excluding carboxylic acids is 1. The van der Waals surface area contributed by atoms with Crippen LogP contribution in [0.4, 0.5) is 10.2 Å². The number of rotatable bonds is 5. The number of sulfonamides is 1. The molecule has 3 heterocycles. The van der Waals surface area contributed by atoms with Crippen molar-refractivity contribution in [2.24, 2.45) is 0 Å². The molecule has 1 N–H and O–H groups in total. The Labute approximate surface area is 199 Å². The molecule has 182 valence electrons. The fourth-order valence-electron chi connectivity index (χ4n) is 4.17. The first-order valence-corrected chi connectivity index (χ1v) is 12.6. The van der Waals surface area contributed by atoms with Crippen LogP contribution in [-0.2, 0) is 16.6 Å². The maximum Gasteiger partial charge on any atom is 0.280 e. The number of amides is 1. The molecule has 1 aliphatic rings. The van der Waals surface area contributed by atoms with Gasteiger partial charge >= 0.3 is 0 Å². The molecule has 0 aliphatic carbocycles. The summed E-state index contributed by atoms with van der Waals surface area (Å²) in [6, 6.07) is 3.51. The second kappa shape index (κ2) is 8.27. The van der Waals surface area contributed by atoms with Gasteiger partial charge < -0.3 is 14.6 Å². The van der Waals surface area contributed by atoms with Gasteiger partial charge in [0.1, 0.15) is 16.7 Å². The first-order valence-electron chi connectivity index (χ1n) is 10.4. The molecule has 1 aliphatic heterocycles. The standard InChI is InChI=1S/C21H23ClFN5O5S/c1-5-26-9-11(2)28-16-15(18(29)17(28)21(26)31)20(30)27(24-19(16)25(3)34(4,32)33)10-12-6-7-14(23)13(22)8-12/h6-8,11,29H,5,9-10H2,1-4H3/t11-/m0/s1. The number of likely N-dealkylation sites (N-methyl/N-ethyl adjacent to an activating group) is 1. The Hall–Kier alpha value is -3.12. The molecule has 3 aromatic rings. The molecule has 10 nitrogen and oxygen atoms in total. The van der Waals surface area contributed by atoms with E-state index in [2.05, 4.69) is 5.10 Å². The SMILES string of the molecule is CCN1C[C@H](C)n2c(c(O)c3c(=O)n(Cc4ccc(F)c(Cl)c4)nc(N(C)S(C)(=O)=O)c32)C1=O. The third kappa shape index (κ3) is 3.70. The van der Waals surface area contributed by atoms with Crippen LogP contribution in [-0.4, -0.2) is 65.1 Å². The second-order valence-corrected chi connectivity index (χ2v) is 10.7. The van der Waals surface area contributed by atoms with E-state index in [1.165, 1.54) is 28.6 Å². The lowest BCUT2D eigenvalue weighted by atomic mass is 10.2. The number of aromatic nitrogens is 3. The van der Waals surface area contributed by atoms with E-state index in [4.69, 9.17) is 11.6 Å². The fraction of sp³-hybridized carbons (Fsp3) is 0.381. The third-order valence-corrected chi connectivity index (χ3v) is 7.42. The Morgan fingerprint density at radius 3 is 2.59 bits per heavy atom. The molecule has 0 unspecified atom stereocenters. The number of hydrogen-bond donors (Lipinski definition) is 1. The summed E-state index contributed by atoms with van der Waals surface area (Å²) in [6.07, 6.45) is 0.975.